The molecule has 0 aromatic heterocycles. The van der Waals surface area contributed by atoms with E-state index < -0.39 is 70.0 Å². The molecule has 0 radical (unpaired) electrons. The molecule has 0 bridgehead atoms. The predicted octanol–water partition coefficient (Wildman–Crippen LogP) is 3.49. The number of hydrogen-bond donors (Lipinski definition) is 4. The van der Waals surface area contributed by atoms with Gasteiger partial charge in [-0.15, -0.1) is 46.4 Å². The van der Waals surface area contributed by atoms with E-state index in [1.54, 1.807) is 34.6 Å². The van der Waals surface area contributed by atoms with E-state index in [9.17, 15) is 39.6 Å². The first-order valence-electron chi connectivity index (χ1n) is 22.9. The Labute approximate surface area is 417 Å². The van der Waals surface area contributed by atoms with Gasteiger partial charge in [-0.2, -0.15) is 0 Å². The Balaban J connectivity index is 7.18. The Bertz CT molecular complexity index is 1510. The van der Waals surface area contributed by atoms with Gasteiger partial charge in [0.1, 0.15) is 103 Å². The third-order valence-electron chi connectivity index (χ3n) is 12.5. The highest BCUT2D eigenvalue weighted by molar-refractivity contribution is 6.18. The lowest BCUT2D eigenvalue weighted by atomic mass is 9.61. The Morgan fingerprint density at radius 1 is 0.424 bits per heavy atom. The van der Waals surface area contributed by atoms with Crippen LogP contribution in [-0.2, 0) is 38.1 Å². The van der Waals surface area contributed by atoms with Crippen LogP contribution in [0.15, 0.2) is 0 Å². The molecule has 0 aliphatic carbocycles. The first-order valence-corrected chi connectivity index (χ1v) is 25.1. The number of esters is 4. The van der Waals surface area contributed by atoms with Crippen molar-refractivity contribution in [2.45, 2.75) is 91.6 Å². The maximum absolute atomic E-state index is 14.7. The van der Waals surface area contributed by atoms with Crippen LogP contribution < -0.4 is 0 Å². The zero-order valence-electron chi connectivity index (χ0n) is 42.8. The van der Waals surface area contributed by atoms with Crippen LogP contribution in [0.1, 0.15) is 67.2 Å². The van der Waals surface area contributed by atoms with Crippen LogP contribution in [0.2, 0.25) is 0 Å². The van der Waals surface area contributed by atoms with Crippen LogP contribution in [-0.4, -0.2) is 245 Å². The number of carbonyl (C=O) groups is 4. The third-order valence-corrected chi connectivity index (χ3v) is 13.9. The average Bonchev–Trinajstić information content (AvgIpc) is 3.18. The van der Waals surface area contributed by atoms with Crippen molar-refractivity contribution in [3.63, 3.8) is 0 Å². The van der Waals surface area contributed by atoms with Crippen LogP contribution in [0, 0.1) is 21.7 Å². The summed E-state index contributed by atoms with van der Waals surface area (Å²) in [6.07, 6.45) is -3.21. The van der Waals surface area contributed by atoms with E-state index in [1.165, 1.54) is 0 Å². The van der Waals surface area contributed by atoms with Crippen molar-refractivity contribution in [3.8, 4) is 0 Å². The molecule has 20 heteroatoms. The molecule has 0 spiro atoms. The fourth-order valence-corrected chi connectivity index (χ4v) is 9.02. The lowest BCUT2D eigenvalue weighted by Crippen LogP contribution is -2.50. The summed E-state index contributed by atoms with van der Waals surface area (Å²) in [5.74, 6) is -2.29. The summed E-state index contributed by atoms with van der Waals surface area (Å²) in [6, 6.07) is 0. The third kappa shape index (κ3) is 24.0. The lowest BCUT2D eigenvalue weighted by Gasteiger charge is -2.43. The average molecular weight is 1030 g/mol. The number of halogens is 4. The second kappa shape index (κ2) is 27.9. The van der Waals surface area contributed by atoms with Crippen molar-refractivity contribution in [3.05, 3.63) is 0 Å². The fourth-order valence-electron chi connectivity index (χ4n) is 8.63. The second-order valence-electron chi connectivity index (χ2n) is 22.6. The minimum absolute atomic E-state index is 0.0215. The highest BCUT2D eigenvalue weighted by Gasteiger charge is 2.54. The molecule has 0 saturated carbocycles. The van der Waals surface area contributed by atoms with Gasteiger partial charge in [-0.05, 0) is 60.3 Å². The number of hydrogen-bond acceptors (Lipinski definition) is 12. The molecule has 0 aliphatic heterocycles. The summed E-state index contributed by atoms with van der Waals surface area (Å²) in [5, 5.41) is 40.8. The number of likely N-dealkylation sites (N-methyl/N-ethyl adjacent to an activating group) is 4. The number of ether oxygens (including phenoxy) is 4. The minimum Gasteiger partial charge on any atom is -0.459 e. The van der Waals surface area contributed by atoms with Crippen LogP contribution in [0.25, 0.3) is 0 Å². The number of rotatable bonds is 35. The van der Waals surface area contributed by atoms with Crippen LogP contribution >= 0.6 is 46.4 Å². The molecule has 390 valence electrons. The van der Waals surface area contributed by atoms with Gasteiger partial charge in [-0.3, -0.25) is 19.2 Å². The van der Waals surface area contributed by atoms with E-state index in [0.29, 0.717) is 61.3 Å². The van der Waals surface area contributed by atoms with Gasteiger partial charge in [-0.25, -0.2) is 0 Å². The van der Waals surface area contributed by atoms with Gasteiger partial charge < -0.3 is 57.3 Å². The monoisotopic (exact) mass is 1030 g/mol. The quantitative estimate of drug-likeness (QED) is 0.0314. The lowest BCUT2D eigenvalue weighted by molar-refractivity contribution is -0.893. The maximum atomic E-state index is 14.7. The standard InChI is InChI=1S/C46H90Cl4N4O12/c1-15-44(4,40(60)64-21-17-52(9,10)29-36(56)25-48)33-46(6,42(62)66-23-19-54(13,14)31-38(58)27-50)34-45(5,41(61)65-22-18-53(11,12)30-37(57)26-49)32-43(2,3)39(59)63-20-16-51(7,8)28-35(55)24-47/h35-38,55-58H,15-34H2,1-14H3/q+4. The Hall–Kier alpha value is -1.28. The van der Waals surface area contributed by atoms with Gasteiger partial charge in [-0.1, -0.05) is 6.92 Å². The van der Waals surface area contributed by atoms with Crippen molar-refractivity contribution in [2.75, 3.05) is 159 Å². The van der Waals surface area contributed by atoms with Crippen LogP contribution in [0.5, 0.6) is 0 Å². The van der Waals surface area contributed by atoms with E-state index in [0.717, 1.165) is 0 Å². The number of carbonyl (C=O) groups excluding carboxylic acids is 4. The highest BCUT2D eigenvalue weighted by Crippen LogP contribution is 2.49. The summed E-state index contributed by atoms with van der Waals surface area (Å²) < 4.78 is 25.0. The molecule has 16 nitrogen and oxygen atoms in total. The SMILES string of the molecule is CCC(C)(CC(C)(CC(C)(CC(C)(C)C(=O)OCC[N+](C)(C)CC(O)CCl)C(=O)OCC[N+](C)(C)CC(O)CCl)C(=O)OCC[N+](C)(C)CC(O)CCl)C(=O)OCC[N+](C)(C)CC(O)CCl. The van der Waals surface area contributed by atoms with Gasteiger partial charge in [0.25, 0.3) is 0 Å². The molecule has 0 amide bonds. The molecule has 0 aliphatic rings. The van der Waals surface area contributed by atoms with E-state index in [4.69, 9.17) is 65.4 Å². The van der Waals surface area contributed by atoms with Crippen LogP contribution in [0.3, 0.4) is 0 Å². The zero-order valence-corrected chi connectivity index (χ0v) is 45.8. The molecular weight excluding hydrogens is 942 g/mol. The summed E-state index contributed by atoms with van der Waals surface area (Å²) in [6.45, 7) is 12.8. The first kappa shape index (κ1) is 64.7. The summed E-state index contributed by atoms with van der Waals surface area (Å²) >= 11 is 23.4. The number of alkyl halides is 4. The first-order chi connectivity index (χ1) is 30.0. The molecule has 0 heterocycles. The molecular formula is C46H90Cl4N4O12+4. The van der Waals surface area contributed by atoms with Crippen molar-refractivity contribution < 1.29 is 76.5 Å². The van der Waals surface area contributed by atoms with E-state index >= 15 is 0 Å². The summed E-state index contributed by atoms with van der Waals surface area (Å²) in [7, 11) is 15.0. The Kier molecular flexibility index (Phi) is 27.4. The molecule has 7 unspecified atom stereocenters. The normalized spacial score (nSPS) is 17.6. The van der Waals surface area contributed by atoms with E-state index in [1.807, 2.05) is 63.3 Å². The minimum atomic E-state index is -1.55. The number of quaternary nitrogens is 4. The van der Waals surface area contributed by atoms with Crippen molar-refractivity contribution >= 4 is 70.3 Å². The molecule has 0 fully saturated rings. The summed E-state index contributed by atoms with van der Waals surface area (Å²) in [5.41, 5.74) is -5.65. The molecule has 0 saturated heterocycles. The van der Waals surface area contributed by atoms with Crippen LogP contribution in [0.4, 0.5) is 0 Å². The largest absolute Gasteiger partial charge is 0.459 e. The molecule has 0 aromatic rings. The van der Waals surface area contributed by atoms with Gasteiger partial charge in [0.2, 0.25) is 0 Å². The number of aliphatic hydroxyl groups excluding tert-OH is 4. The predicted molar refractivity (Wildman–Crippen MR) is 260 cm³/mol. The maximum Gasteiger partial charge on any atom is 0.312 e. The van der Waals surface area contributed by atoms with Crippen molar-refractivity contribution in [1.29, 1.82) is 0 Å². The fraction of sp³-hybridized carbons (Fsp3) is 0.913. The van der Waals surface area contributed by atoms with E-state index in [2.05, 4.69) is 0 Å². The van der Waals surface area contributed by atoms with Crippen molar-refractivity contribution in [1.82, 2.24) is 0 Å². The van der Waals surface area contributed by atoms with Gasteiger partial charge in [0.15, 0.2) is 0 Å². The Morgan fingerprint density at radius 2 is 0.652 bits per heavy atom. The smallest absolute Gasteiger partial charge is 0.312 e. The second-order valence-corrected chi connectivity index (χ2v) is 23.8. The molecule has 0 aromatic carbocycles. The van der Waals surface area contributed by atoms with Gasteiger partial charge >= 0.3 is 23.9 Å². The van der Waals surface area contributed by atoms with Crippen molar-refractivity contribution in [2.24, 2.45) is 21.7 Å². The molecule has 0 rings (SSSR count). The van der Waals surface area contributed by atoms with Gasteiger partial charge in [0, 0.05) is 0 Å². The highest BCUT2D eigenvalue weighted by atomic mass is 35.5. The molecule has 4 N–H and O–H groups in total. The number of aliphatic hydroxyl groups is 4. The topological polar surface area (TPSA) is 186 Å². The number of nitrogens with zero attached hydrogens (tertiary/aromatic N) is 4. The van der Waals surface area contributed by atoms with E-state index in [-0.39, 0.29) is 84.6 Å². The molecule has 66 heavy (non-hydrogen) atoms. The van der Waals surface area contributed by atoms with Gasteiger partial charge in [0.05, 0.1) is 102 Å². The Morgan fingerprint density at radius 3 is 0.909 bits per heavy atom. The summed E-state index contributed by atoms with van der Waals surface area (Å²) in [4.78, 5) is 57.5. The zero-order chi connectivity index (χ0) is 51.6. The molecule has 7 atom stereocenters.